The van der Waals surface area contributed by atoms with E-state index in [4.69, 9.17) is 0 Å². The molecule has 0 aliphatic carbocycles. The fourth-order valence-electron chi connectivity index (χ4n) is 1.53. The van der Waals surface area contributed by atoms with Crippen LogP contribution in [0, 0.1) is 6.92 Å². The Labute approximate surface area is 109 Å². The number of para-hydroxylation sites is 1. The molecular weight excluding hydrogens is 278 g/mol. The van der Waals surface area contributed by atoms with E-state index in [1.54, 1.807) is 0 Å². The lowest BCUT2D eigenvalue weighted by Crippen LogP contribution is -2.07. The Morgan fingerprint density at radius 1 is 1.41 bits per heavy atom. The molecule has 1 heterocycles. The van der Waals surface area contributed by atoms with E-state index in [1.165, 1.54) is 0 Å². The van der Waals surface area contributed by atoms with Crippen molar-refractivity contribution in [3.8, 4) is 0 Å². The molecule has 2 aromatic rings. The second-order valence-corrected chi connectivity index (χ2v) is 4.93. The van der Waals surface area contributed by atoms with E-state index in [-0.39, 0.29) is 0 Å². The molecule has 0 radical (unpaired) electrons. The number of benzene rings is 1. The first-order valence-corrected chi connectivity index (χ1v) is 6.18. The van der Waals surface area contributed by atoms with E-state index in [9.17, 15) is 0 Å². The number of fused-ring (bicyclic) bond motifs is 1. The molecule has 0 saturated heterocycles. The zero-order valence-corrected chi connectivity index (χ0v) is 11.5. The fraction of sp³-hybridized carbons (Fsp3) is 0.231. The van der Waals surface area contributed by atoms with Gasteiger partial charge in [0.05, 0.1) is 11.2 Å². The van der Waals surface area contributed by atoms with Gasteiger partial charge in [0.1, 0.15) is 11.3 Å². The predicted octanol–water partition coefficient (Wildman–Crippen LogP) is 3.69. The van der Waals surface area contributed by atoms with Gasteiger partial charge >= 0.3 is 0 Å². The minimum absolute atomic E-state index is 0.714. The third-order valence-electron chi connectivity index (χ3n) is 2.38. The molecule has 2 rings (SSSR count). The van der Waals surface area contributed by atoms with E-state index in [0.717, 1.165) is 32.6 Å². The third kappa shape index (κ3) is 2.64. The van der Waals surface area contributed by atoms with E-state index < -0.39 is 0 Å². The number of nitrogens with zero attached hydrogens (tertiary/aromatic N) is 2. The monoisotopic (exact) mass is 291 g/mol. The lowest BCUT2D eigenvalue weighted by molar-refractivity contribution is 1.12. The van der Waals surface area contributed by atoms with Gasteiger partial charge in [-0.2, -0.15) is 0 Å². The van der Waals surface area contributed by atoms with Crippen LogP contribution in [0.3, 0.4) is 0 Å². The second kappa shape index (κ2) is 4.84. The van der Waals surface area contributed by atoms with E-state index in [0.29, 0.717) is 6.54 Å². The molecule has 4 heteroatoms. The van der Waals surface area contributed by atoms with Crippen molar-refractivity contribution < 1.29 is 0 Å². The van der Waals surface area contributed by atoms with Crippen molar-refractivity contribution in [2.75, 3.05) is 11.9 Å². The summed E-state index contributed by atoms with van der Waals surface area (Å²) in [5.41, 5.74) is 3.75. The van der Waals surface area contributed by atoms with E-state index in [2.05, 4.69) is 37.8 Å². The van der Waals surface area contributed by atoms with Crippen molar-refractivity contribution in [1.82, 2.24) is 9.97 Å². The van der Waals surface area contributed by atoms with Gasteiger partial charge in [0.2, 0.25) is 0 Å². The van der Waals surface area contributed by atoms with Gasteiger partial charge in [-0.25, -0.2) is 9.97 Å². The number of aryl methyl sites for hydroxylation is 1. The first kappa shape index (κ1) is 12.0. The number of rotatable bonds is 3. The molecule has 0 fully saturated rings. The van der Waals surface area contributed by atoms with Gasteiger partial charge in [-0.05, 0) is 41.9 Å². The van der Waals surface area contributed by atoms with Crippen LogP contribution in [-0.4, -0.2) is 16.5 Å². The Bertz CT molecular complexity index is 578. The molecule has 0 spiro atoms. The molecule has 3 nitrogen and oxygen atoms in total. The molecule has 88 valence electrons. The number of nitrogens with one attached hydrogen (secondary N) is 1. The summed E-state index contributed by atoms with van der Waals surface area (Å²) >= 11 is 3.49. The highest BCUT2D eigenvalue weighted by molar-refractivity contribution is 9.10. The molecule has 0 saturated carbocycles. The number of aromatic nitrogens is 2. The van der Waals surface area contributed by atoms with Gasteiger partial charge in [-0.3, -0.25) is 0 Å². The Morgan fingerprint density at radius 3 is 2.88 bits per heavy atom. The molecule has 0 amide bonds. The molecular formula is C13H14BrN3. The fourth-order valence-corrected chi connectivity index (χ4v) is 1.98. The molecule has 0 atom stereocenters. The number of hydrogen-bond acceptors (Lipinski definition) is 3. The zero-order valence-electron chi connectivity index (χ0n) is 9.92. The van der Waals surface area contributed by atoms with Crippen LogP contribution < -0.4 is 5.32 Å². The average Bonchev–Trinajstić information content (AvgIpc) is 2.27. The van der Waals surface area contributed by atoms with Crippen molar-refractivity contribution in [3.63, 3.8) is 0 Å². The molecule has 0 aliphatic heterocycles. The number of halogens is 1. The van der Waals surface area contributed by atoms with Crippen LogP contribution in [0.2, 0.25) is 0 Å². The standard InChI is InChI=1S/C13H14BrN3/c1-8(2)7-15-13-9(3)16-11-6-4-5-10(14)12(11)17-13/h4-6H,1,7H2,2-3H3,(H,15,17). The molecule has 0 bridgehead atoms. The quantitative estimate of drug-likeness (QED) is 0.877. The van der Waals surface area contributed by atoms with Gasteiger partial charge in [-0.15, -0.1) is 0 Å². The van der Waals surface area contributed by atoms with Gasteiger partial charge in [0.15, 0.2) is 0 Å². The number of hydrogen-bond donors (Lipinski definition) is 1. The molecule has 1 aromatic carbocycles. The van der Waals surface area contributed by atoms with Crippen LogP contribution in [-0.2, 0) is 0 Å². The molecule has 1 N–H and O–H groups in total. The van der Waals surface area contributed by atoms with Crippen LogP contribution in [0.15, 0.2) is 34.8 Å². The minimum atomic E-state index is 0.714. The number of anilines is 1. The summed E-state index contributed by atoms with van der Waals surface area (Å²) in [5.74, 6) is 0.812. The van der Waals surface area contributed by atoms with Gasteiger partial charge in [0, 0.05) is 11.0 Å². The Hall–Kier alpha value is -1.42. The topological polar surface area (TPSA) is 37.8 Å². The van der Waals surface area contributed by atoms with Crippen LogP contribution in [0.1, 0.15) is 12.6 Å². The summed E-state index contributed by atoms with van der Waals surface area (Å²) in [7, 11) is 0. The van der Waals surface area contributed by atoms with Crippen molar-refractivity contribution in [3.05, 3.63) is 40.5 Å². The predicted molar refractivity (Wildman–Crippen MR) is 75.3 cm³/mol. The van der Waals surface area contributed by atoms with Gasteiger partial charge < -0.3 is 5.32 Å². The maximum absolute atomic E-state index is 4.58. The maximum atomic E-state index is 4.58. The van der Waals surface area contributed by atoms with E-state index in [1.807, 2.05) is 32.0 Å². The summed E-state index contributed by atoms with van der Waals surface area (Å²) in [6, 6.07) is 5.89. The van der Waals surface area contributed by atoms with Crippen LogP contribution in [0.25, 0.3) is 11.0 Å². The normalized spacial score (nSPS) is 10.5. The average molecular weight is 292 g/mol. The van der Waals surface area contributed by atoms with Crippen LogP contribution in [0.4, 0.5) is 5.82 Å². The lowest BCUT2D eigenvalue weighted by atomic mass is 10.3. The second-order valence-electron chi connectivity index (χ2n) is 4.08. The summed E-state index contributed by atoms with van der Waals surface area (Å²) < 4.78 is 0.959. The summed E-state index contributed by atoms with van der Waals surface area (Å²) in [6.45, 7) is 8.50. The van der Waals surface area contributed by atoms with Crippen molar-refractivity contribution in [2.24, 2.45) is 0 Å². The van der Waals surface area contributed by atoms with Gasteiger partial charge in [-0.1, -0.05) is 18.2 Å². The van der Waals surface area contributed by atoms with Gasteiger partial charge in [0.25, 0.3) is 0 Å². The smallest absolute Gasteiger partial charge is 0.148 e. The summed E-state index contributed by atoms with van der Waals surface area (Å²) in [6.07, 6.45) is 0. The summed E-state index contributed by atoms with van der Waals surface area (Å²) in [4.78, 5) is 9.11. The van der Waals surface area contributed by atoms with Crippen LogP contribution >= 0.6 is 15.9 Å². The third-order valence-corrected chi connectivity index (χ3v) is 3.02. The highest BCUT2D eigenvalue weighted by Crippen LogP contribution is 2.23. The lowest BCUT2D eigenvalue weighted by Gasteiger charge is -2.09. The molecule has 17 heavy (non-hydrogen) atoms. The summed E-state index contributed by atoms with van der Waals surface area (Å²) in [5, 5.41) is 3.24. The highest BCUT2D eigenvalue weighted by Gasteiger charge is 2.06. The zero-order chi connectivity index (χ0) is 12.4. The largest absolute Gasteiger partial charge is 0.365 e. The molecule has 0 unspecified atom stereocenters. The van der Waals surface area contributed by atoms with Crippen molar-refractivity contribution in [1.29, 1.82) is 0 Å². The first-order chi connectivity index (χ1) is 8.08. The highest BCUT2D eigenvalue weighted by atomic mass is 79.9. The van der Waals surface area contributed by atoms with Crippen LogP contribution in [0.5, 0.6) is 0 Å². The molecule has 0 aliphatic rings. The van der Waals surface area contributed by atoms with Crippen molar-refractivity contribution >= 4 is 32.8 Å². The van der Waals surface area contributed by atoms with E-state index >= 15 is 0 Å². The SMILES string of the molecule is C=C(C)CNc1nc2c(Br)cccc2nc1C. The Morgan fingerprint density at radius 2 is 2.18 bits per heavy atom. The Balaban J connectivity index is 2.46. The maximum Gasteiger partial charge on any atom is 0.148 e. The minimum Gasteiger partial charge on any atom is -0.365 e. The first-order valence-electron chi connectivity index (χ1n) is 5.39. The van der Waals surface area contributed by atoms with Crippen molar-refractivity contribution in [2.45, 2.75) is 13.8 Å². The molecule has 1 aromatic heterocycles. The Kier molecular flexibility index (Phi) is 3.43.